The number of fused-ring (bicyclic) bond motifs is 1. The maximum absolute atomic E-state index is 12.7. The number of carbonyl (C=O) groups excluding carboxylic acids is 1. The fraction of sp³-hybridized carbons (Fsp3) is 0.0323. The third kappa shape index (κ3) is 4.68. The molecule has 4 heteroatoms. The average molecular weight is 457 g/mol. The first-order chi connectivity index (χ1) is 17.1. The zero-order valence-corrected chi connectivity index (χ0v) is 19.3. The summed E-state index contributed by atoms with van der Waals surface area (Å²) < 4.78 is 0. The number of benzene rings is 4. The Labute approximate surface area is 204 Å². The van der Waals surface area contributed by atoms with Crippen LogP contribution in [-0.2, 0) is 0 Å². The number of aromatic hydroxyl groups is 1. The lowest BCUT2D eigenvalue weighted by Crippen LogP contribution is -2.02. The summed E-state index contributed by atoms with van der Waals surface area (Å²) in [5.41, 5.74) is 6.68. The van der Waals surface area contributed by atoms with Gasteiger partial charge in [0.25, 0.3) is 0 Å². The molecule has 0 bridgehead atoms. The molecule has 0 atom stereocenters. The first-order valence-corrected chi connectivity index (χ1v) is 11.4. The summed E-state index contributed by atoms with van der Waals surface area (Å²) in [6.07, 6.45) is 3.69. The second-order valence-corrected chi connectivity index (χ2v) is 8.25. The fourth-order valence-electron chi connectivity index (χ4n) is 4.13. The summed E-state index contributed by atoms with van der Waals surface area (Å²) >= 11 is 0. The highest BCUT2D eigenvalue weighted by atomic mass is 16.3. The van der Waals surface area contributed by atoms with Crippen molar-refractivity contribution in [2.45, 2.75) is 6.92 Å². The van der Waals surface area contributed by atoms with E-state index in [2.05, 4.69) is 16.4 Å². The number of anilines is 1. The first-order valence-electron chi connectivity index (χ1n) is 11.4. The van der Waals surface area contributed by atoms with Crippen LogP contribution in [0.25, 0.3) is 27.7 Å². The second kappa shape index (κ2) is 9.65. The Hall–Kier alpha value is -4.70. The van der Waals surface area contributed by atoms with Gasteiger partial charge in [0.2, 0.25) is 0 Å². The number of hydrogen-bond acceptors (Lipinski definition) is 4. The SMILES string of the molecule is C/C=C(/Nc1ccc(C(=O)c2ccccc2)cc1)c1cccc(-c2cc(O)c3ncccc3c2)c1. The van der Waals surface area contributed by atoms with Crippen LogP contribution in [0.3, 0.4) is 0 Å². The van der Waals surface area contributed by atoms with Gasteiger partial charge in [-0.15, -0.1) is 0 Å². The lowest BCUT2D eigenvalue weighted by Gasteiger charge is -2.13. The Bertz CT molecular complexity index is 1540. The molecule has 0 aliphatic carbocycles. The van der Waals surface area contributed by atoms with Gasteiger partial charge in [-0.05, 0) is 72.1 Å². The van der Waals surface area contributed by atoms with E-state index in [0.29, 0.717) is 16.6 Å². The maximum Gasteiger partial charge on any atom is 0.193 e. The number of phenolic OH excluding ortho intramolecular Hbond substituents is 1. The van der Waals surface area contributed by atoms with Crippen LogP contribution >= 0.6 is 0 Å². The zero-order chi connectivity index (χ0) is 24.2. The van der Waals surface area contributed by atoms with Crippen molar-refractivity contribution in [1.82, 2.24) is 4.98 Å². The van der Waals surface area contributed by atoms with Crippen molar-refractivity contribution >= 4 is 28.1 Å². The van der Waals surface area contributed by atoms with Crippen molar-refractivity contribution < 1.29 is 9.90 Å². The fourth-order valence-corrected chi connectivity index (χ4v) is 4.13. The predicted molar refractivity (Wildman–Crippen MR) is 142 cm³/mol. The van der Waals surface area contributed by atoms with Crippen LogP contribution in [0.1, 0.15) is 28.4 Å². The van der Waals surface area contributed by atoms with E-state index in [1.54, 1.807) is 12.3 Å². The Balaban J connectivity index is 1.39. The lowest BCUT2D eigenvalue weighted by molar-refractivity contribution is 0.103. The van der Waals surface area contributed by atoms with Crippen molar-refractivity contribution in [3.8, 4) is 16.9 Å². The highest BCUT2D eigenvalue weighted by molar-refractivity contribution is 6.09. The second-order valence-electron chi connectivity index (χ2n) is 8.25. The largest absolute Gasteiger partial charge is 0.506 e. The zero-order valence-electron chi connectivity index (χ0n) is 19.3. The van der Waals surface area contributed by atoms with E-state index in [0.717, 1.165) is 33.5 Å². The van der Waals surface area contributed by atoms with E-state index in [1.165, 1.54) is 0 Å². The van der Waals surface area contributed by atoms with Crippen molar-refractivity contribution in [2.75, 3.05) is 5.32 Å². The summed E-state index contributed by atoms with van der Waals surface area (Å²) in [5, 5.41) is 14.8. The summed E-state index contributed by atoms with van der Waals surface area (Å²) in [6, 6.07) is 32.5. The molecule has 0 saturated heterocycles. The molecule has 1 heterocycles. The Morgan fingerprint density at radius 1 is 0.771 bits per heavy atom. The normalized spacial score (nSPS) is 11.4. The van der Waals surface area contributed by atoms with Crippen molar-refractivity contribution in [2.24, 2.45) is 0 Å². The van der Waals surface area contributed by atoms with Gasteiger partial charge >= 0.3 is 0 Å². The topological polar surface area (TPSA) is 62.2 Å². The van der Waals surface area contributed by atoms with Crippen molar-refractivity contribution in [1.29, 1.82) is 0 Å². The Morgan fingerprint density at radius 3 is 2.29 bits per heavy atom. The smallest absolute Gasteiger partial charge is 0.193 e. The third-order valence-electron chi connectivity index (χ3n) is 5.94. The molecule has 4 nitrogen and oxygen atoms in total. The van der Waals surface area contributed by atoms with Gasteiger partial charge in [-0.2, -0.15) is 0 Å². The number of rotatable bonds is 6. The van der Waals surface area contributed by atoms with Gasteiger partial charge in [0.05, 0.1) is 0 Å². The molecule has 5 aromatic rings. The van der Waals surface area contributed by atoms with Crippen LogP contribution in [0.2, 0.25) is 0 Å². The van der Waals surface area contributed by atoms with Crippen LogP contribution in [0.5, 0.6) is 5.75 Å². The molecular formula is C31H24N2O2. The summed E-state index contributed by atoms with van der Waals surface area (Å²) in [5.74, 6) is 0.169. The molecule has 0 spiro atoms. The standard InChI is InChI=1S/C31H24N2O2/c1-2-28(33-27-15-13-22(14-16-27)31(35)21-8-4-3-5-9-21)24-11-6-10-23(18-24)26-19-25-12-7-17-32-30(25)29(34)20-26/h2-20,33-34H,1H3/b28-2+. The Morgan fingerprint density at radius 2 is 1.51 bits per heavy atom. The molecule has 4 aromatic carbocycles. The van der Waals surface area contributed by atoms with Crippen LogP contribution in [0.4, 0.5) is 5.69 Å². The van der Waals surface area contributed by atoms with Gasteiger partial charge in [-0.3, -0.25) is 9.78 Å². The van der Waals surface area contributed by atoms with Crippen LogP contribution < -0.4 is 5.32 Å². The van der Waals surface area contributed by atoms with Crippen LogP contribution in [0.15, 0.2) is 115 Å². The van der Waals surface area contributed by atoms with Gasteiger partial charge in [0.1, 0.15) is 11.3 Å². The van der Waals surface area contributed by atoms with Crippen molar-refractivity contribution in [3.63, 3.8) is 0 Å². The molecule has 0 aliphatic heterocycles. The first kappa shape index (κ1) is 22.1. The summed E-state index contributed by atoms with van der Waals surface area (Å²) in [6.45, 7) is 1.98. The highest BCUT2D eigenvalue weighted by Crippen LogP contribution is 2.32. The van der Waals surface area contributed by atoms with Crippen LogP contribution in [0, 0.1) is 0 Å². The minimum absolute atomic E-state index is 0.00458. The van der Waals surface area contributed by atoms with Gasteiger partial charge in [0.15, 0.2) is 5.78 Å². The number of hydrogen-bond donors (Lipinski definition) is 2. The molecule has 35 heavy (non-hydrogen) atoms. The lowest BCUT2D eigenvalue weighted by atomic mass is 9.99. The number of ketones is 1. The van der Waals surface area contributed by atoms with E-state index in [-0.39, 0.29) is 11.5 Å². The predicted octanol–water partition coefficient (Wildman–Crippen LogP) is 7.31. The minimum atomic E-state index is 0.00458. The molecule has 0 radical (unpaired) electrons. The average Bonchev–Trinajstić information content (AvgIpc) is 2.92. The van der Waals surface area contributed by atoms with Crippen LogP contribution in [-0.4, -0.2) is 15.9 Å². The molecule has 0 unspecified atom stereocenters. The third-order valence-corrected chi connectivity index (χ3v) is 5.94. The van der Waals surface area contributed by atoms with Gasteiger partial charge in [-0.1, -0.05) is 60.7 Å². The summed E-state index contributed by atoms with van der Waals surface area (Å²) in [4.78, 5) is 16.9. The van der Waals surface area contributed by atoms with E-state index >= 15 is 0 Å². The van der Waals surface area contributed by atoms with E-state index in [1.807, 2.05) is 104 Å². The number of nitrogens with one attached hydrogen (secondary N) is 1. The molecule has 0 fully saturated rings. The molecule has 2 N–H and O–H groups in total. The number of allylic oxidation sites excluding steroid dienone is 1. The number of pyridine rings is 1. The van der Waals surface area contributed by atoms with E-state index < -0.39 is 0 Å². The molecule has 5 rings (SSSR count). The number of phenols is 1. The quantitative estimate of drug-likeness (QED) is 0.263. The minimum Gasteiger partial charge on any atom is -0.506 e. The molecule has 1 aromatic heterocycles. The summed E-state index contributed by atoms with van der Waals surface area (Å²) in [7, 11) is 0. The molecule has 0 aliphatic rings. The molecule has 0 saturated carbocycles. The highest BCUT2D eigenvalue weighted by Gasteiger charge is 2.10. The van der Waals surface area contributed by atoms with E-state index in [9.17, 15) is 9.90 Å². The van der Waals surface area contributed by atoms with Gasteiger partial charge in [-0.25, -0.2) is 0 Å². The molecule has 170 valence electrons. The number of nitrogens with zero attached hydrogens (tertiary/aromatic N) is 1. The van der Waals surface area contributed by atoms with Crippen molar-refractivity contribution in [3.05, 3.63) is 132 Å². The Kier molecular flexibility index (Phi) is 6.10. The van der Waals surface area contributed by atoms with Gasteiger partial charge < -0.3 is 10.4 Å². The maximum atomic E-state index is 12.7. The number of carbonyl (C=O) groups is 1. The molecule has 0 amide bonds. The molecular weight excluding hydrogens is 432 g/mol. The number of aromatic nitrogens is 1. The van der Waals surface area contributed by atoms with E-state index in [4.69, 9.17) is 0 Å². The van der Waals surface area contributed by atoms with Gasteiger partial charge in [0, 0.05) is 34.1 Å². The monoisotopic (exact) mass is 456 g/mol.